The molecule has 2 fully saturated rings. The second kappa shape index (κ2) is 8.37. The third kappa shape index (κ3) is 4.99. The van der Waals surface area contributed by atoms with Crippen molar-refractivity contribution in [1.29, 1.82) is 0 Å². The molecule has 21 heavy (non-hydrogen) atoms. The van der Waals surface area contributed by atoms with E-state index in [9.17, 15) is 9.59 Å². The highest BCUT2D eigenvalue weighted by molar-refractivity contribution is 5.78. The molecule has 120 valence electrons. The van der Waals surface area contributed by atoms with Crippen molar-refractivity contribution in [2.24, 2.45) is 0 Å². The summed E-state index contributed by atoms with van der Waals surface area (Å²) in [4.78, 5) is 27.6. The summed E-state index contributed by atoms with van der Waals surface area (Å²) in [5.74, 6) is 0.251. The fraction of sp³-hybridized carbons (Fsp3) is 0.875. The molecule has 0 aliphatic carbocycles. The lowest BCUT2D eigenvalue weighted by molar-refractivity contribution is -0.143. The molecule has 1 amide bonds. The Balaban J connectivity index is 1.65. The van der Waals surface area contributed by atoms with Gasteiger partial charge in [-0.15, -0.1) is 0 Å². The predicted molar refractivity (Wildman–Crippen MR) is 80.9 cm³/mol. The Hall–Kier alpha value is -1.10. The topological polar surface area (TPSA) is 49.9 Å². The first-order valence-electron chi connectivity index (χ1n) is 8.38. The van der Waals surface area contributed by atoms with Gasteiger partial charge < -0.3 is 14.5 Å². The minimum atomic E-state index is -0.0864. The van der Waals surface area contributed by atoms with Crippen LogP contribution in [0.4, 0.5) is 0 Å². The van der Waals surface area contributed by atoms with Crippen LogP contribution in [0.3, 0.4) is 0 Å². The summed E-state index contributed by atoms with van der Waals surface area (Å²) in [5, 5.41) is 0. The number of piperidine rings is 1. The molecule has 0 aromatic heterocycles. The van der Waals surface area contributed by atoms with Crippen molar-refractivity contribution < 1.29 is 14.3 Å². The number of amides is 1. The number of ether oxygens (including phenoxy) is 1. The molecule has 5 nitrogen and oxygen atoms in total. The summed E-state index contributed by atoms with van der Waals surface area (Å²) >= 11 is 0. The molecule has 0 aromatic carbocycles. The maximum absolute atomic E-state index is 11.8. The summed E-state index contributed by atoms with van der Waals surface area (Å²) in [6.07, 6.45) is 6.51. The van der Waals surface area contributed by atoms with Crippen molar-refractivity contribution in [2.75, 3.05) is 32.8 Å². The standard InChI is InChI=1S/C16H28N2O3/c1-2-21-16(20)9-3-4-10-17-11-5-7-14(13-17)18-12-6-8-15(18)19/h14H,2-13H2,1H3. The average Bonchev–Trinajstić information content (AvgIpc) is 2.90. The number of hydrogen-bond donors (Lipinski definition) is 0. The highest BCUT2D eigenvalue weighted by atomic mass is 16.5. The maximum atomic E-state index is 11.8. The van der Waals surface area contributed by atoms with Crippen LogP contribution < -0.4 is 0 Å². The minimum absolute atomic E-state index is 0.0864. The van der Waals surface area contributed by atoms with Crippen molar-refractivity contribution in [1.82, 2.24) is 9.80 Å². The first-order chi connectivity index (χ1) is 10.2. The lowest BCUT2D eigenvalue weighted by Gasteiger charge is -2.37. The van der Waals surface area contributed by atoms with E-state index in [4.69, 9.17) is 4.74 Å². The Bertz CT molecular complexity index is 359. The maximum Gasteiger partial charge on any atom is 0.305 e. The van der Waals surface area contributed by atoms with Gasteiger partial charge in [-0.2, -0.15) is 0 Å². The Morgan fingerprint density at radius 3 is 2.86 bits per heavy atom. The molecule has 2 aliphatic rings. The zero-order valence-corrected chi connectivity index (χ0v) is 13.2. The smallest absolute Gasteiger partial charge is 0.305 e. The van der Waals surface area contributed by atoms with Crippen molar-refractivity contribution in [2.45, 2.75) is 57.9 Å². The summed E-state index contributed by atoms with van der Waals surface area (Å²) < 4.78 is 4.93. The normalized spacial score (nSPS) is 23.6. The molecule has 5 heteroatoms. The van der Waals surface area contributed by atoms with Crippen LogP contribution in [0.1, 0.15) is 51.9 Å². The van der Waals surface area contributed by atoms with Crippen LogP contribution >= 0.6 is 0 Å². The molecule has 1 unspecified atom stereocenters. The van der Waals surface area contributed by atoms with Gasteiger partial charge in [0.05, 0.1) is 6.61 Å². The van der Waals surface area contributed by atoms with E-state index in [1.807, 2.05) is 6.92 Å². The van der Waals surface area contributed by atoms with E-state index < -0.39 is 0 Å². The van der Waals surface area contributed by atoms with Crippen molar-refractivity contribution in [3.8, 4) is 0 Å². The third-order valence-corrected chi connectivity index (χ3v) is 4.44. The Kier molecular flexibility index (Phi) is 6.49. The lowest BCUT2D eigenvalue weighted by atomic mass is 10.0. The van der Waals surface area contributed by atoms with Crippen LogP contribution in [-0.4, -0.2) is 60.5 Å². The monoisotopic (exact) mass is 296 g/mol. The number of rotatable bonds is 7. The summed E-state index contributed by atoms with van der Waals surface area (Å²) in [5.41, 5.74) is 0. The first-order valence-corrected chi connectivity index (χ1v) is 8.38. The number of esters is 1. The molecule has 2 rings (SSSR count). The summed E-state index contributed by atoms with van der Waals surface area (Å²) in [6.45, 7) is 6.41. The molecule has 0 spiro atoms. The highest BCUT2D eigenvalue weighted by Crippen LogP contribution is 2.21. The van der Waals surface area contributed by atoms with E-state index in [2.05, 4.69) is 9.80 Å². The molecule has 2 aliphatic heterocycles. The third-order valence-electron chi connectivity index (χ3n) is 4.44. The van der Waals surface area contributed by atoms with E-state index in [1.54, 1.807) is 0 Å². The fourth-order valence-electron chi connectivity index (χ4n) is 3.38. The van der Waals surface area contributed by atoms with E-state index in [0.29, 0.717) is 25.0 Å². The largest absolute Gasteiger partial charge is 0.466 e. The number of nitrogens with zero attached hydrogens (tertiary/aromatic N) is 2. The zero-order chi connectivity index (χ0) is 15.1. The van der Waals surface area contributed by atoms with Gasteiger partial charge in [0.15, 0.2) is 0 Å². The minimum Gasteiger partial charge on any atom is -0.466 e. The molecule has 0 bridgehead atoms. The molecular weight excluding hydrogens is 268 g/mol. The number of carbonyl (C=O) groups excluding carboxylic acids is 2. The van der Waals surface area contributed by atoms with E-state index in [-0.39, 0.29) is 5.97 Å². The molecular formula is C16H28N2O3. The van der Waals surface area contributed by atoms with Gasteiger partial charge in [0, 0.05) is 32.0 Å². The average molecular weight is 296 g/mol. The van der Waals surface area contributed by atoms with Crippen LogP contribution in [0, 0.1) is 0 Å². The highest BCUT2D eigenvalue weighted by Gasteiger charge is 2.30. The van der Waals surface area contributed by atoms with Gasteiger partial charge in [-0.3, -0.25) is 9.59 Å². The molecule has 0 radical (unpaired) electrons. The van der Waals surface area contributed by atoms with Gasteiger partial charge in [-0.05, 0) is 52.1 Å². The van der Waals surface area contributed by atoms with Gasteiger partial charge in [-0.25, -0.2) is 0 Å². The van der Waals surface area contributed by atoms with Crippen molar-refractivity contribution in [3.05, 3.63) is 0 Å². The Labute approximate surface area is 127 Å². The van der Waals surface area contributed by atoms with Gasteiger partial charge in [0.25, 0.3) is 0 Å². The van der Waals surface area contributed by atoms with E-state index in [0.717, 1.165) is 58.3 Å². The van der Waals surface area contributed by atoms with Crippen LogP contribution in [0.2, 0.25) is 0 Å². The summed E-state index contributed by atoms with van der Waals surface area (Å²) in [7, 11) is 0. The van der Waals surface area contributed by atoms with Gasteiger partial charge in [0.2, 0.25) is 5.91 Å². The second-order valence-corrected chi connectivity index (χ2v) is 6.05. The fourth-order valence-corrected chi connectivity index (χ4v) is 3.38. The van der Waals surface area contributed by atoms with Gasteiger partial charge in [0.1, 0.15) is 0 Å². The van der Waals surface area contributed by atoms with Crippen LogP contribution in [0.25, 0.3) is 0 Å². The molecule has 2 saturated heterocycles. The van der Waals surface area contributed by atoms with Gasteiger partial charge >= 0.3 is 5.97 Å². The molecule has 2 heterocycles. The Morgan fingerprint density at radius 2 is 2.14 bits per heavy atom. The molecule has 1 atom stereocenters. The predicted octanol–water partition coefficient (Wildman–Crippen LogP) is 1.81. The van der Waals surface area contributed by atoms with Crippen molar-refractivity contribution >= 4 is 11.9 Å². The summed E-state index contributed by atoms with van der Waals surface area (Å²) in [6, 6.07) is 0.416. The number of unbranched alkanes of at least 4 members (excludes halogenated alkanes) is 1. The number of likely N-dealkylation sites (tertiary alicyclic amines) is 2. The quantitative estimate of drug-likeness (QED) is 0.531. The SMILES string of the molecule is CCOC(=O)CCCCN1CCCC(N2CCCC2=O)C1. The first kappa shape index (κ1) is 16.3. The van der Waals surface area contributed by atoms with Gasteiger partial charge in [-0.1, -0.05) is 0 Å². The van der Waals surface area contributed by atoms with Crippen LogP contribution in [-0.2, 0) is 14.3 Å². The Morgan fingerprint density at radius 1 is 1.29 bits per heavy atom. The number of hydrogen-bond acceptors (Lipinski definition) is 4. The van der Waals surface area contributed by atoms with E-state index >= 15 is 0 Å². The molecule has 0 saturated carbocycles. The lowest BCUT2D eigenvalue weighted by Crippen LogP contribution is -2.48. The molecule has 0 N–H and O–H groups in total. The second-order valence-electron chi connectivity index (χ2n) is 6.05. The van der Waals surface area contributed by atoms with E-state index in [1.165, 1.54) is 6.42 Å². The van der Waals surface area contributed by atoms with Crippen molar-refractivity contribution in [3.63, 3.8) is 0 Å². The van der Waals surface area contributed by atoms with Crippen LogP contribution in [0.5, 0.6) is 0 Å². The van der Waals surface area contributed by atoms with Crippen LogP contribution in [0.15, 0.2) is 0 Å². The zero-order valence-electron chi connectivity index (χ0n) is 13.2. The molecule has 0 aromatic rings. The number of carbonyl (C=O) groups is 2.